The zero-order valence-corrected chi connectivity index (χ0v) is 18.9. The summed E-state index contributed by atoms with van der Waals surface area (Å²) in [5.74, 6) is -0.868. The first-order chi connectivity index (χ1) is 15.6. The van der Waals surface area contributed by atoms with Crippen molar-refractivity contribution in [1.29, 1.82) is 0 Å². The Bertz CT molecular complexity index is 1240. The lowest BCUT2D eigenvalue weighted by molar-refractivity contribution is -0.128. The monoisotopic (exact) mass is 475 g/mol. The summed E-state index contributed by atoms with van der Waals surface area (Å²) < 4.78 is 45.9. The predicted octanol–water partition coefficient (Wildman–Crippen LogP) is 2.31. The Morgan fingerprint density at radius 2 is 1.91 bits per heavy atom. The average Bonchev–Trinajstić information content (AvgIpc) is 2.78. The van der Waals surface area contributed by atoms with E-state index >= 15 is 4.39 Å². The molecule has 0 aromatic carbocycles. The Kier molecular flexibility index (Phi) is 7.11. The van der Waals surface area contributed by atoms with Crippen molar-refractivity contribution in [1.82, 2.24) is 24.9 Å². The van der Waals surface area contributed by atoms with E-state index in [1.807, 2.05) is 6.92 Å². The fourth-order valence-corrected chi connectivity index (χ4v) is 3.22. The molecule has 1 atom stereocenters. The number of amides is 1. The van der Waals surface area contributed by atoms with Crippen LogP contribution < -0.4 is 14.8 Å². The number of nitrogens with one attached hydrogen (secondary N) is 2. The fraction of sp³-hybridized carbons (Fsp3) is 0.300. The smallest absolute Gasteiger partial charge is 0.269 e. The second kappa shape index (κ2) is 9.81. The largest absolute Gasteiger partial charge is 0.477 e. The van der Waals surface area contributed by atoms with Crippen LogP contribution in [0.25, 0.3) is 11.3 Å². The van der Waals surface area contributed by atoms with E-state index in [1.165, 1.54) is 31.5 Å². The minimum atomic E-state index is -3.67. The molecule has 0 spiro atoms. The first-order valence-electron chi connectivity index (χ1n) is 9.87. The van der Waals surface area contributed by atoms with Crippen molar-refractivity contribution < 1.29 is 22.3 Å². The second-order valence-electron chi connectivity index (χ2n) is 6.86. The van der Waals surface area contributed by atoms with Gasteiger partial charge < -0.3 is 10.1 Å². The highest BCUT2D eigenvalue weighted by atomic mass is 32.2. The van der Waals surface area contributed by atoms with Crippen LogP contribution in [0.2, 0.25) is 0 Å². The summed E-state index contributed by atoms with van der Waals surface area (Å²) in [7, 11) is -3.67. The standard InChI is InChI=1S/C20H22FN7O4S/c1-4-20(21,15-8-9-23-19(26-15)28-33(3,30)31)18(29)27-16-7-6-13(10-24-16)14-11-22-12-17(25-14)32-5-2/h6-12H,4-5H2,1-3H3,(H,23,26,28)(H,24,27,29)/t20-/m1/s1. The van der Waals surface area contributed by atoms with Gasteiger partial charge in [0.15, 0.2) is 0 Å². The van der Waals surface area contributed by atoms with Gasteiger partial charge in [-0.25, -0.2) is 32.7 Å². The summed E-state index contributed by atoms with van der Waals surface area (Å²) in [4.78, 5) is 32.9. The minimum Gasteiger partial charge on any atom is -0.477 e. The third-order valence-corrected chi connectivity index (χ3v) is 4.94. The molecule has 0 saturated heterocycles. The number of sulfonamides is 1. The molecule has 1 amide bonds. The highest BCUT2D eigenvalue weighted by Gasteiger charge is 2.41. The van der Waals surface area contributed by atoms with Gasteiger partial charge >= 0.3 is 0 Å². The molecular formula is C20H22FN7O4S. The quantitative estimate of drug-likeness (QED) is 0.475. The molecular weight excluding hydrogens is 453 g/mol. The third-order valence-electron chi connectivity index (χ3n) is 4.39. The third kappa shape index (κ3) is 5.94. The zero-order valence-electron chi connectivity index (χ0n) is 18.1. The van der Waals surface area contributed by atoms with Gasteiger partial charge in [0.1, 0.15) is 5.82 Å². The molecule has 3 aromatic heterocycles. The van der Waals surface area contributed by atoms with E-state index in [-0.39, 0.29) is 23.9 Å². The number of hydrogen-bond donors (Lipinski definition) is 2. The van der Waals surface area contributed by atoms with E-state index < -0.39 is 21.6 Å². The topological polar surface area (TPSA) is 149 Å². The fourth-order valence-electron chi connectivity index (χ4n) is 2.79. The van der Waals surface area contributed by atoms with Crippen molar-refractivity contribution in [2.24, 2.45) is 0 Å². The Morgan fingerprint density at radius 3 is 2.55 bits per heavy atom. The Labute approximate surface area is 189 Å². The molecule has 3 aromatic rings. The number of nitrogens with zero attached hydrogens (tertiary/aromatic N) is 5. The minimum absolute atomic E-state index is 0.108. The molecule has 0 fully saturated rings. The van der Waals surface area contributed by atoms with Crippen LogP contribution in [0.15, 0.2) is 43.0 Å². The maximum atomic E-state index is 15.7. The van der Waals surface area contributed by atoms with Crippen molar-refractivity contribution in [2.45, 2.75) is 25.9 Å². The van der Waals surface area contributed by atoms with Gasteiger partial charge in [-0.15, -0.1) is 0 Å². The van der Waals surface area contributed by atoms with Crippen molar-refractivity contribution in [3.05, 3.63) is 48.7 Å². The molecule has 13 heteroatoms. The molecule has 174 valence electrons. The summed E-state index contributed by atoms with van der Waals surface area (Å²) in [6.45, 7) is 3.74. The van der Waals surface area contributed by atoms with Crippen molar-refractivity contribution in [3.63, 3.8) is 0 Å². The zero-order chi connectivity index (χ0) is 24.1. The SMILES string of the molecule is CCOc1cncc(-c2ccc(NC(=O)[C@@](F)(CC)c3ccnc(NS(C)(=O)=O)n3)nc2)n1. The Hall–Kier alpha value is -3.74. The number of aromatic nitrogens is 5. The number of carbonyl (C=O) groups is 1. The molecule has 0 unspecified atom stereocenters. The van der Waals surface area contributed by atoms with Crippen molar-refractivity contribution >= 4 is 27.7 Å². The number of ether oxygens (including phenoxy) is 1. The molecule has 0 bridgehead atoms. The van der Waals surface area contributed by atoms with Gasteiger partial charge in [-0.2, -0.15) is 0 Å². The van der Waals surface area contributed by atoms with Gasteiger partial charge in [-0.1, -0.05) is 6.92 Å². The number of rotatable bonds is 9. The summed E-state index contributed by atoms with van der Waals surface area (Å²) in [6.07, 6.45) is 6.30. The van der Waals surface area contributed by atoms with E-state index in [4.69, 9.17) is 4.74 Å². The first-order valence-corrected chi connectivity index (χ1v) is 11.8. The second-order valence-corrected chi connectivity index (χ2v) is 8.60. The summed E-state index contributed by atoms with van der Waals surface area (Å²) in [5.41, 5.74) is -1.69. The van der Waals surface area contributed by atoms with E-state index in [1.54, 1.807) is 12.3 Å². The van der Waals surface area contributed by atoms with Gasteiger partial charge in [0.25, 0.3) is 5.91 Å². The molecule has 2 N–H and O–H groups in total. The number of anilines is 2. The summed E-state index contributed by atoms with van der Waals surface area (Å²) in [5, 5.41) is 2.43. The molecule has 0 aliphatic heterocycles. The maximum absolute atomic E-state index is 15.7. The van der Waals surface area contributed by atoms with Crippen LogP contribution in [0.1, 0.15) is 26.0 Å². The molecule has 0 aliphatic carbocycles. The summed E-state index contributed by atoms with van der Waals surface area (Å²) >= 11 is 0. The van der Waals surface area contributed by atoms with Crippen LogP contribution in [-0.2, 0) is 20.5 Å². The molecule has 0 aliphatic rings. The lowest BCUT2D eigenvalue weighted by Gasteiger charge is -2.22. The van der Waals surface area contributed by atoms with Crippen LogP contribution in [0.3, 0.4) is 0 Å². The lowest BCUT2D eigenvalue weighted by Crippen LogP contribution is -2.37. The predicted molar refractivity (Wildman–Crippen MR) is 119 cm³/mol. The van der Waals surface area contributed by atoms with Crippen molar-refractivity contribution in [3.8, 4) is 17.1 Å². The molecule has 33 heavy (non-hydrogen) atoms. The number of halogens is 1. The maximum Gasteiger partial charge on any atom is 0.269 e. The van der Waals surface area contributed by atoms with Crippen LogP contribution >= 0.6 is 0 Å². The normalized spacial score (nSPS) is 13.1. The number of carbonyl (C=O) groups excluding carboxylic acids is 1. The van der Waals surface area contributed by atoms with E-state index in [0.29, 0.717) is 23.7 Å². The highest BCUT2D eigenvalue weighted by Crippen LogP contribution is 2.30. The lowest BCUT2D eigenvalue weighted by atomic mass is 9.97. The number of pyridine rings is 1. The van der Waals surface area contributed by atoms with Crippen LogP contribution in [-0.4, -0.2) is 52.1 Å². The van der Waals surface area contributed by atoms with Crippen LogP contribution in [0.5, 0.6) is 5.88 Å². The van der Waals surface area contributed by atoms with Gasteiger partial charge in [0.2, 0.25) is 27.5 Å². The molecule has 0 saturated carbocycles. The first kappa shape index (κ1) is 23.9. The Balaban J connectivity index is 1.79. The number of hydrogen-bond acceptors (Lipinski definition) is 9. The molecule has 3 rings (SSSR count). The molecule has 0 radical (unpaired) electrons. The van der Waals surface area contributed by atoms with E-state index in [0.717, 1.165) is 12.5 Å². The van der Waals surface area contributed by atoms with Gasteiger partial charge in [0, 0.05) is 18.0 Å². The van der Waals surface area contributed by atoms with Crippen LogP contribution in [0.4, 0.5) is 16.2 Å². The number of alkyl halides is 1. The van der Waals surface area contributed by atoms with E-state index in [2.05, 4.69) is 35.0 Å². The van der Waals surface area contributed by atoms with Gasteiger partial charge in [-0.3, -0.25) is 14.5 Å². The average molecular weight is 476 g/mol. The molecule has 3 heterocycles. The van der Waals surface area contributed by atoms with Crippen molar-refractivity contribution in [2.75, 3.05) is 22.9 Å². The highest BCUT2D eigenvalue weighted by molar-refractivity contribution is 7.91. The Morgan fingerprint density at radius 1 is 1.12 bits per heavy atom. The van der Waals surface area contributed by atoms with Gasteiger partial charge in [-0.05, 0) is 31.5 Å². The summed E-state index contributed by atoms with van der Waals surface area (Å²) in [6, 6.07) is 4.35. The van der Waals surface area contributed by atoms with Crippen LogP contribution in [0, 0.1) is 0 Å². The molecule has 11 nitrogen and oxygen atoms in total. The van der Waals surface area contributed by atoms with E-state index in [9.17, 15) is 13.2 Å². The van der Waals surface area contributed by atoms with Gasteiger partial charge in [0.05, 0.1) is 36.6 Å².